The Kier molecular flexibility index (Phi) is 3.80. The van der Waals surface area contributed by atoms with E-state index in [0.717, 1.165) is 18.7 Å². The van der Waals surface area contributed by atoms with Crippen molar-refractivity contribution in [2.75, 3.05) is 13.1 Å². The minimum absolute atomic E-state index is 0.0799. The second-order valence-electron chi connectivity index (χ2n) is 5.22. The Labute approximate surface area is 117 Å². The van der Waals surface area contributed by atoms with Gasteiger partial charge in [0.2, 0.25) is 0 Å². The molecule has 2 aromatic rings. The van der Waals surface area contributed by atoms with E-state index >= 15 is 0 Å². The molecule has 106 valence electrons. The van der Waals surface area contributed by atoms with Crippen LogP contribution in [0.5, 0.6) is 0 Å². The van der Waals surface area contributed by atoms with Gasteiger partial charge in [-0.15, -0.1) is 0 Å². The van der Waals surface area contributed by atoms with Crippen LogP contribution in [0.3, 0.4) is 0 Å². The highest BCUT2D eigenvalue weighted by molar-refractivity contribution is 5.21. The summed E-state index contributed by atoms with van der Waals surface area (Å²) < 4.78 is 15.2. The summed E-state index contributed by atoms with van der Waals surface area (Å²) in [5.74, 6) is -0.226. The van der Waals surface area contributed by atoms with Crippen molar-refractivity contribution in [3.63, 3.8) is 0 Å². The second-order valence-corrected chi connectivity index (χ2v) is 5.22. The number of aliphatic hydroxyl groups excluding tert-OH is 1. The van der Waals surface area contributed by atoms with Gasteiger partial charge in [-0.25, -0.2) is 4.39 Å². The average molecular weight is 275 g/mol. The molecule has 1 aliphatic rings. The molecular weight excluding hydrogens is 257 g/mol. The van der Waals surface area contributed by atoms with Crippen molar-refractivity contribution in [1.29, 1.82) is 0 Å². The second kappa shape index (κ2) is 5.73. The average Bonchev–Trinajstić information content (AvgIpc) is 3.05. The predicted molar refractivity (Wildman–Crippen MR) is 73.6 cm³/mol. The molecule has 0 radical (unpaired) electrons. The van der Waals surface area contributed by atoms with Crippen molar-refractivity contribution < 1.29 is 9.50 Å². The molecule has 0 bridgehead atoms. The number of β-amino-alcohol motifs (C(OH)–C–C–N with tert-alkyl or cyclic N) is 1. The summed E-state index contributed by atoms with van der Waals surface area (Å²) in [7, 11) is 0. The topological polar surface area (TPSA) is 41.3 Å². The highest BCUT2D eigenvalue weighted by atomic mass is 19.1. The summed E-state index contributed by atoms with van der Waals surface area (Å²) >= 11 is 0. The number of hydrogen-bond acceptors (Lipinski definition) is 3. The van der Waals surface area contributed by atoms with Crippen LogP contribution in [0.25, 0.3) is 0 Å². The first kappa shape index (κ1) is 13.3. The van der Waals surface area contributed by atoms with E-state index in [1.807, 2.05) is 23.0 Å². The SMILES string of the molecule is O[C@@H]1C[C@H](c2cccc(F)c2)N(CCn2cccn2)C1. The molecular formula is C15H18FN3O. The van der Waals surface area contributed by atoms with Crippen molar-refractivity contribution >= 4 is 0 Å². The number of likely N-dealkylation sites (tertiary alicyclic amines) is 1. The molecule has 1 fully saturated rings. The lowest BCUT2D eigenvalue weighted by Gasteiger charge is -2.24. The van der Waals surface area contributed by atoms with E-state index in [0.29, 0.717) is 13.0 Å². The van der Waals surface area contributed by atoms with E-state index in [9.17, 15) is 9.50 Å². The third-order valence-corrected chi connectivity index (χ3v) is 3.79. The molecule has 2 atom stereocenters. The molecule has 0 aliphatic carbocycles. The first-order valence-corrected chi connectivity index (χ1v) is 6.87. The first-order chi connectivity index (χ1) is 9.72. The Morgan fingerprint density at radius 3 is 2.95 bits per heavy atom. The van der Waals surface area contributed by atoms with Gasteiger partial charge in [0.15, 0.2) is 0 Å². The van der Waals surface area contributed by atoms with Crippen LogP contribution >= 0.6 is 0 Å². The molecule has 0 spiro atoms. The zero-order valence-electron chi connectivity index (χ0n) is 11.2. The zero-order chi connectivity index (χ0) is 13.9. The lowest BCUT2D eigenvalue weighted by molar-refractivity contribution is 0.172. The fraction of sp³-hybridized carbons (Fsp3) is 0.400. The maximum Gasteiger partial charge on any atom is 0.123 e. The lowest BCUT2D eigenvalue weighted by atomic mass is 10.0. The highest BCUT2D eigenvalue weighted by Crippen LogP contribution is 2.32. The van der Waals surface area contributed by atoms with E-state index in [1.165, 1.54) is 6.07 Å². The van der Waals surface area contributed by atoms with E-state index in [2.05, 4.69) is 10.00 Å². The highest BCUT2D eigenvalue weighted by Gasteiger charge is 2.31. The smallest absolute Gasteiger partial charge is 0.123 e. The summed E-state index contributed by atoms with van der Waals surface area (Å²) in [4.78, 5) is 2.20. The number of halogens is 1. The normalized spacial score (nSPS) is 23.3. The maximum absolute atomic E-state index is 13.4. The molecule has 4 nitrogen and oxygen atoms in total. The number of hydrogen-bond donors (Lipinski definition) is 1. The molecule has 1 N–H and O–H groups in total. The quantitative estimate of drug-likeness (QED) is 0.925. The summed E-state index contributed by atoms with van der Waals surface area (Å²) in [5.41, 5.74) is 0.932. The van der Waals surface area contributed by atoms with Crippen LogP contribution in [-0.2, 0) is 6.54 Å². The van der Waals surface area contributed by atoms with Crippen molar-refractivity contribution in [3.8, 4) is 0 Å². The van der Waals surface area contributed by atoms with Gasteiger partial charge in [0.1, 0.15) is 5.82 Å². The number of rotatable bonds is 4. The van der Waals surface area contributed by atoms with Gasteiger partial charge in [-0.05, 0) is 30.2 Å². The molecule has 5 heteroatoms. The fourth-order valence-corrected chi connectivity index (χ4v) is 2.85. The largest absolute Gasteiger partial charge is 0.392 e. The fourth-order valence-electron chi connectivity index (χ4n) is 2.85. The Morgan fingerprint density at radius 2 is 2.20 bits per heavy atom. The van der Waals surface area contributed by atoms with Crippen LogP contribution in [0.1, 0.15) is 18.0 Å². The van der Waals surface area contributed by atoms with E-state index in [1.54, 1.807) is 18.3 Å². The van der Waals surface area contributed by atoms with Crippen molar-refractivity contribution in [3.05, 3.63) is 54.1 Å². The molecule has 0 saturated carbocycles. The minimum atomic E-state index is -0.346. The number of nitrogens with zero attached hydrogens (tertiary/aromatic N) is 3. The molecule has 0 unspecified atom stereocenters. The van der Waals surface area contributed by atoms with Crippen LogP contribution in [-0.4, -0.2) is 39.0 Å². The van der Waals surface area contributed by atoms with Crippen molar-refractivity contribution in [2.24, 2.45) is 0 Å². The van der Waals surface area contributed by atoms with Gasteiger partial charge in [-0.2, -0.15) is 5.10 Å². The maximum atomic E-state index is 13.4. The van der Waals surface area contributed by atoms with Crippen LogP contribution in [0.4, 0.5) is 4.39 Å². The van der Waals surface area contributed by atoms with Crippen molar-refractivity contribution in [1.82, 2.24) is 14.7 Å². The molecule has 2 heterocycles. The molecule has 1 saturated heterocycles. The van der Waals surface area contributed by atoms with Gasteiger partial charge < -0.3 is 5.11 Å². The van der Waals surface area contributed by atoms with Crippen LogP contribution in [0, 0.1) is 5.82 Å². The molecule has 20 heavy (non-hydrogen) atoms. The standard InChI is InChI=1S/C15H18FN3O/c16-13-4-1-3-12(9-13)15-10-14(20)11-18(15)7-8-19-6-2-5-17-19/h1-6,9,14-15,20H,7-8,10-11H2/t14-,15-/m1/s1. The Bertz CT molecular complexity index is 558. The van der Waals surface area contributed by atoms with Crippen LogP contribution in [0.15, 0.2) is 42.7 Å². The Hall–Kier alpha value is -1.72. The minimum Gasteiger partial charge on any atom is -0.392 e. The summed E-state index contributed by atoms with van der Waals surface area (Å²) in [6, 6.07) is 8.62. The van der Waals surface area contributed by atoms with Gasteiger partial charge in [-0.3, -0.25) is 9.58 Å². The summed E-state index contributed by atoms with van der Waals surface area (Å²) in [5, 5.41) is 14.1. The third kappa shape index (κ3) is 2.89. The van der Waals surface area contributed by atoms with Gasteiger partial charge in [0, 0.05) is 31.5 Å². The van der Waals surface area contributed by atoms with E-state index in [-0.39, 0.29) is 18.0 Å². The van der Waals surface area contributed by atoms with Crippen molar-refractivity contribution in [2.45, 2.75) is 25.1 Å². The predicted octanol–water partition coefficient (Wildman–Crippen LogP) is 1.83. The molecule has 3 rings (SSSR count). The molecule has 1 aromatic heterocycles. The van der Waals surface area contributed by atoms with Gasteiger partial charge in [-0.1, -0.05) is 12.1 Å². The number of benzene rings is 1. The number of aromatic nitrogens is 2. The van der Waals surface area contributed by atoms with Crippen LogP contribution < -0.4 is 0 Å². The summed E-state index contributed by atoms with van der Waals surface area (Å²) in [6.07, 6.45) is 3.98. The van der Waals surface area contributed by atoms with E-state index < -0.39 is 0 Å². The molecule has 1 aromatic carbocycles. The first-order valence-electron chi connectivity index (χ1n) is 6.87. The van der Waals surface area contributed by atoms with Gasteiger partial charge in [0.05, 0.1) is 12.6 Å². The zero-order valence-corrected chi connectivity index (χ0v) is 11.2. The Morgan fingerprint density at radius 1 is 1.30 bits per heavy atom. The van der Waals surface area contributed by atoms with Crippen LogP contribution in [0.2, 0.25) is 0 Å². The molecule has 0 amide bonds. The monoisotopic (exact) mass is 275 g/mol. The lowest BCUT2D eigenvalue weighted by Crippen LogP contribution is -2.28. The third-order valence-electron chi connectivity index (χ3n) is 3.79. The van der Waals surface area contributed by atoms with E-state index in [4.69, 9.17) is 0 Å². The van der Waals surface area contributed by atoms with Gasteiger partial charge >= 0.3 is 0 Å². The molecule has 1 aliphatic heterocycles. The number of aliphatic hydroxyl groups is 1. The summed E-state index contributed by atoms with van der Waals surface area (Å²) in [6.45, 7) is 2.19. The van der Waals surface area contributed by atoms with Gasteiger partial charge in [0.25, 0.3) is 0 Å². The Balaban J connectivity index is 1.71.